The first-order valence-electron chi connectivity index (χ1n) is 1.18. The molecule has 0 aromatic rings. The zero-order valence-electron chi connectivity index (χ0n) is 3.44. The van der Waals surface area contributed by atoms with Crippen molar-refractivity contribution in [2.45, 2.75) is 0 Å². The Hall–Kier alpha value is 2.69. The SMILES string of the molecule is C1=[CH][Bi]=[CH]1.[Bi].[Se].[Te]. The van der Waals surface area contributed by atoms with Crippen molar-refractivity contribution in [2.24, 2.45) is 0 Å². The largest absolute Gasteiger partial charge is 0 e. The van der Waals surface area contributed by atoms with Crippen molar-refractivity contribution in [1.82, 2.24) is 0 Å². The van der Waals surface area contributed by atoms with Crippen LogP contribution in [0.1, 0.15) is 0 Å². The fourth-order valence-electron chi connectivity index (χ4n) is 0.0861. The van der Waals surface area contributed by atoms with Gasteiger partial charge in [0.15, 0.2) is 0 Å². The second kappa shape index (κ2) is 11.5. The molecule has 0 atom stereocenters. The van der Waals surface area contributed by atoms with Gasteiger partial charge in [-0.15, -0.1) is 0 Å². The predicted molar refractivity (Wildman–Crippen MR) is 38.2 cm³/mol. The molecule has 0 saturated heterocycles. The van der Waals surface area contributed by atoms with Crippen molar-refractivity contribution >= 4 is 93.4 Å². The minimum absolute atomic E-state index is 0. The summed E-state index contributed by atoms with van der Waals surface area (Å²) in [4.78, 5) is 0. The maximum Gasteiger partial charge on any atom is 0 e. The maximum atomic E-state index is 2.31. The van der Waals surface area contributed by atoms with E-state index >= 15 is 0 Å². The van der Waals surface area contributed by atoms with Gasteiger partial charge in [0.1, 0.15) is 0 Å². The molecular weight excluding hydrogens is 661 g/mol. The van der Waals surface area contributed by atoms with Gasteiger partial charge in [0.2, 0.25) is 0 Å². The number of hydrogen-bond donors (Lipinski definition) is 0. The molecule has 0 fully saturated rings. The molecule has 37 valence electrons. The second-order valence-electron chi connectivity index (χ2n) is 0.640. The van der Waals surface area contributed by atoms with E-state index in [1.807, 2.05) is 0 Å². The molecule has 1 rings (SSSR count). The molecule has 0 saturated carbocycles. The van der Waals surface area contributed by atoms with Gasteiger partial charge < -0.3 is 0 Å². The maximum absolute atomic E-state index is 2.31. The van der Waals surface area contributed by atoms with Crippen molar-refractivity contribution in [3.05, 3.63) is 9.86 Å². The quantitative estimate of drug-likeness (QED) is 0.289. The van der Waals surface area contributed by atoms with Crippen LogP contribution in [-0.4, -0.2) is 93.4 Å². The fraction of sp³-hybridized carbons (Fsp3) is 0. The summed E-state index contributed by atoms with van der Waals surface area (Å²) >= 11 is 0.0309. The average Bonchev–Trinajstić information content (AvgIpc) is 0.722. The first kappa shape index (κ1) is 16.3. The van der Waals surface area contributed by atoms with E-state index in [1.165, 1.54) is 0 Å². The molecule has 1 aliphatic rings. The van der Waals surface area contributed by atoms with E-state index in [1.54, 1.807) is 0 Å². The standard InChI is InChI=1S/C3H3.2Bi.Se.Te/c1-3-2;;;;/h1-3H;;;;. The van der Waals surface area contributed by atoms with Gasteiger partial charge >= 0.3 is 36.3 Å². The summed E-state index contributed by atoms with van der Waals surface area (Å²) < 4.78 is 4.61. The van der Waals surface area contributed by atoms with Crippen LogP contribution in [-0.2, 0) is 0 Å². The van der Waals surface area contributed by atoms with Crippen LogP contribution in [0.5, 0.6) is 0 Å². The Kier molecular flexibility index (Phi) is 26.8. The molecule has 4 heteroatoms. The molecule has 0 bridgehead atoms. The van der Waals surface area contributed by atoms with Crippen molar-refractivity contribution < 1.29 is 0 Å². The van der Waals surface area contributed by atoms with Crippen molar-refractivity contribution in [2.75, 3.05) is 0 Å². The van der Waals surface area contributed by atoms with Gasteiger partial charge in [-0.05, 0) is 0 Å². The number of hydrogen-bond acceptors (Lipinski definition) is 0. The van der Waals surface area contributed by atoms with Crippen molar-refractivity contribution in [3.8, 4) is 0 Å². The summed E-state index contributed by atoms with van der Waals surface area (Å²) in [5, 5.41) is 0. The van der Waals surface area contributed by atoms with Crippen LogP contribution in [0.3, 0.4) is 0 Å². The first-order valence-corrected chi connectivity index (χ1v) is 5.20. The van der Waals surface area contributed by atoms with E-state index in [4.69, 9.17) is 0 Å². The van der Waals surface area contributed by atoms with Gasteiger partial charge in [-0.25, -0.2) is 0 Å². The van der Waals surface area contributed by atoms with Crippen LogP contribution in [0.25, 0.3) is 0 Å². The monoisotopic (exact) mass is 667 g/mol. The Morgan fingerprint density at radius 1 is 1.29 bits per heavy atom. The molecule has 7 heavy (non-hydrogen) atoms. The minimum atomic E-state index is 0. The fourth-order valence-corrected chi connectivity index (χ4v) is 0.755. The number of rotatable bonds is 0. The van der Waals surface area contributed by atoms with E-state index in [0.29, 0.717) is 0 Å². The van der Waals surface area contributed by atoms with E-state index in [2.05, 4.69) is 13.6 Å². The molecule has 7 radical (unpaired) electrons. The van der Waals surface area contributed by atoms with Crippen LogP contribution < -0.4 is 0 Å². The van der Waals surface area contributed by atoms with Crippen LogP contribution >= 0.6 is 0 Å². The van der Waals surface area contributed by atoms with Gasteiger partial charge in [-0.2, -0.15) is 0 Å². The van der Waals surface area contributed by atoms with E-state index in [0.717, 1.165) is 0 Å². The molecule has 0 aromatic carbocycles. The molecule has 0 aromatic heterocycles. The third-order valence-electron chi connectivity index (χ3n) is 0.344. The van der Waals surface area contributed by atoms with Crippen molar-refractivity contribution in [1.29, 1.82) is 0 Å². The number of allylic oxidation sites excluding steroid dienone is 1. The van der Waals surface area contributed by atoms with E-state index in [9.17, 15) is 0 Å². The normalized spacial score (nSPS) is 9.14. The smallest absolute Gasteiger partial charge is 0 e. The molecule has 0 nitrogen and oxygen atoms in total. The molecule has 0 unspecified atom stereocenters. The Balaban J connectivity index is -0.0000000533. The predicted octanol–water partition coefficient (Wildman–Crippen LogP) is -1.12. The Labute approximate surface area is 101 Å². The molecule has 0 amide bonds. The van der Waals surface area contributed by atoms with Crippen LogP contribution in [0.15, 0.2) is 9.86 Å². The molecule has 0 N–H and O–H groups in total. The summed E-state index contributed by atoms with van der Waals surface area (Å²) in [5.74, 6) is 0. The van der Waals surface area contributed by atoms with Crippen LogP contribution in [0.4, 0.5) is 0 Å². The minimum Gasteiger partial charge on any atom is 0 e. The summed E-state index contributed by atoms with van der Waals surface area (Å²) in [5.41, 5.74) is 0. The Morgan fingerprint density at radius 3 is 1.43 bits per heavy atom. The zero-order valence-corrected chi connectivity index (χ0v) is 14.4. The van der Waals surface area contributed by atoms with E-state index < -0.39 is 0 Å². The van der Waals surface area contributed by atoms with Crippen LogP contribution in [0, 0.1) is 0 Å². The molecule has 1 heterocycles. The second-order valence-corrected chi connectivity index (χ2v) is 4.12. The summed E-state index contributed by atoms with van der Waals surface area (Å²) in [6.45, 7) is 0. The Bertz CT molecular complexity index is 53.3. The third kappa shape index (κ3) is 8.69. The molecule has 0 aliphatic carbocycles. The first-order chi connectivity index (χ1) is 2.00. The summed E-state index contributed by atoms with van der Waals surface area (Å²) in [7, 11) is 0. The Morgan fingerprint density at radius 2 is 1.43 bits per heavy atom. The van der Waals surface area contributed by atoms with Crippen molar-refractivity contribution in [3.63, 3.8) is 0 Å². The van der Waals surface area contributed by atoms with Gasteiger partial charge in [-0.3, -0.25) is 0 Å². The topological polar surface area (TPSA) is 0 Å². The zero-order chi connectivity index (χ0) is 2.83. The molecular formula is C3H3Bi2SeTe. The van der Waals surface area contributed by atoms with Gasteiger partial charge in [0, 0.05) is 66.9 Å². The van der Waals surface area contributed by atoms with Gasteiger partial charge in [0.05, 0.1) is 0 Å². The van der Waals surface area contributed by atoms with E-state index in [-0.39, 0.29) is 89.7 Å². The molecule has 1 aliphatic heterocycles. The van der Waals surface area contributed by atoms with Crippen LogP contribution in [0.2, 0.25) is 0 Å². The van der Waals surface area contributed by atoms with Gasteiger partial charge in [-0.1, -0.05) is 0 Å². The summed E-state index contributed by atoms with van der Waals surface area (Å²) in [6, 6.07) is 0. The summed E-state index contributed by atoms with van der Waals surface area (Å²) in [6.07, 6.45) is 2.14. The van der Waals surface area contributed by atoms with Gasteiger partial charge in [0.25, 0.3) is 0 Å². The average molecular weight is 664 g/mol. The molecule has 0 spiro atoms. The third-order valence-corrected chi connectivity index (χ3v) is 3.02.